The number of hydrogen-bond acceptors (Lipinski definition) is 6. The number of nitrogens with zero attached hydrogens (tertiary/aromatic N) is 4. The monoisotopic (exact) mass is 524 g/mol. The summed E-state index contributed by atoms with van der Waals surface area (Å²) in [6.45, 7) is 13.2. The SMILES string of the molecule is CCOCC1(COCC)CCC2=C(C1)N(CCN(C)C(=O)OC(C)(C)C)Cc1nn3c(c12)CC(F)(F)C3. The molecule has 1 aromatic rings. The first-order chi connectivity index (χ1) is 17.4. The Labute approximate surface area is 218 Å². The van der Waals surface area contributed by atoms with Crippen LogP contribution in [0.1, 0.15) is 70.8 Å². The molecule has 37 heavy (non-hydrogen) atoms. The smallest absolute Gasteiger partial charge is 0.410 e. The fourth-order valence-electron chi connectivity index (χ4n) is 5.62. The van der Waals surface area contributed by atoms with Crippen LogP contribution in [0.15, 0.2) is 5.70 Å². The quantitative estimate of drug-likeness (QED) is 0.466. The molecule has 0 saturated heterocycles. The summed E-state index contributed by atoms with van der Waals surface area (Å²) in [5.41, 5.74) is 3.93. The van der Waals surface area contributed by atoms with Crippen molar-refractivity contribution in [2.75, 3.05) is 46.6 Å². The summed E-state index contributed by atoms with van der Waals surface area (Å²) in [4.78, 5) is 16.4. The largest absolute Gasteiger partial charge is 0.444 e. The van der Waals surface area contributed by atoms with Gasteiger partial charge in [0.15, 0.2) is 0 Å². The lowest BCUT2D eigenvalue weighted by Crippen LogP contribution is -2.43. The third kappa shape index (κ3) is 6.11. The van der Waals surface area contributed by atoms with Crippen LogP contribution in [0.4, 0.5) is 13.6 Å². The molecule has 1 aromatic heterocycles. The van der Waals surface area contributed by atoms with Crippen LogP contribution in [0.3, 0.4) is 0 Å². The van der Waals surface area contributed by atoms with Crippen LogP contribution >= 0.6 is 0 Å². The topological polar surface area (TPSA) is 69.1 Å². The molecule has 0 spiro atoms. The van der Waals surface area contributed by atoms with Gasteiger partial charge in [0.1, 0.15) is 12.1 Å². The molecule has 0 fully saturated rings. The molecule has 2 aliphatic heterocycles. The number of allylic oxidation sites excluding steroid dienone is 2. The summed E-state index contributed by atoms with van der Waals surface area (Å²) < 4.78 is 47.4. The first kappa shape index (κ1) is 27.8. The van der Waals surface area contributed by atoms with Gasteiger partial charge < -0.3 is 24.0 Å². The molecule has 1 aliphatic carbocycles. The second kappa shape index (κ2) is 10.5. The summed E-state index contributed by atoms with van der Waals surface area (Å²) in [6, 6.07) is 0. The minimum atomic E-state index is -2.76. The Morgan fingerprint density at radius 2 is 1.81 bits per heavy atom. The number of aromatic nitrogens is 2. The van der Waals surface area contributed by atoms with E-state index < -0.39 is 11.5 Å². The molecule has 0 radical (unpaired) electrons. The van der Waals surface area contributed by atoms with Crippen LogP contribution in [0, 0.1) is 5.41 Å². The van der Waals surface area contributed by atoms with E-state index in [0.717, 1.165) is 41.8 Å². The molecule has 8 nitrogen and oxygen atoms in total. The number of carbonyl (C=O) groups is 1. The van der Waals surface area contributed by atoms with E-state index in [1.54, 1.807) is 11.9 Å². The fourth-order valence-corrected chi connectivity index (χ4v) is 5.62. The van der Waals surface area contributed by atoms with Crippen LogP contribution in [-0.2, 0) is 33.7 Å². The highest BCUT2D eigenvalue weighted by Crippen LogP contribution is 2.50. The molecule has 0 N–H and O–H groups in total. The standard InChI is InChI=1S/C27H42F2N4O4/c1-7-35-17-26(18-36-8-2)10-9-19-21(13-26)32(12-11-31(6)24(34)37-25(3,4)5)15-20-23(19)22-14-27(28,29)16-33(22)30-20/h7-18H2,1-6H3. The van der Waals surface area contributed by atoms with Crippen LogP contribution in [-0.4, -0.2) is 83.8 Å². The number of fused-ring (bicyclic) bond motifs is 4. The van der Waals surface area contributed by atoms with Crippen molar-refractivity contribution in [2.24, 2.45) is 5.41 Å². The van der Waals surface area contributed by atoms with Crippen molar-refractivity contribution in [1.29, 1.82) is 0 Å². The van der Waals surface area contributed by atoms with E-state index in [0.29, 0.717) is 51.8 Å². The molecule has 1 amide bonds. The van der Waals surface area contributed by atoms with E-state index in [-0.39, 0.29) is 24.5 Å². The number of carbonyl (C=O) groups excluding carboxylic acids is 1. The van der Waals surface area contributed by atoms with Crippen molar-refractivity contribution in [1.82, 2.24) is 19.6 Å². The highest BCUT2D eigenvalue weighted by molar-refractivity contribution is 5.75. The van der Waals surface area contributed by atoms with Crippen molar-refractivity contribution in [2.45, 2.75) is 84.9 Å². The molecule has 0 saturated carbocycles. The number of ether oxygens (including phenoxy) is 3. The number of amides is 1. The lowest BCUT2D eigenvalue weighted by atomic mass is 9.71. The van der Waals surface area contributed by atoms with E-state index >= 15 is 0 Å². The zero-order valence-corrected chi connectivity index (χ0v) is 23.2. The van der Waals surface area contributed by atoms with Gasteiger partial charge in [0.25, 0.3) is 5.92 Å². The second-order valence-electron chi connectivity index (χ2n) is 11.7. The normalized spacial score (nSPS) is 19.9. The summed E-state index contributed by atoms with van der Waals surface area (Å²) in [5.74, 6) is -2.76. The molecule has 208 valence electrons. The van der Waals surface area contributed by atoms with Crippen LogP contribution < -0.4 is 0 Å². The van der Waals surface area contributed by atoms with Gasteiger partial charge in [0.2, 0.25) is 0 Å². The molecule has 0 atom stereocenters. The summed E-state index contributed by atoms with van der Waals surface area (Å²) in [6.07, 6.45) is 1.71. The van der Waals surface area contributed by atoms with E-state index in [2.05, 4.69) is 10.00 Å². The zero-order valence-electron chi connectivity index (χ0n) is 23.2. The Bertz CT molecular complexity index is 1020. The van der Waals surface area contributed by atoms with Crippen LogP contribution in [0.2, 0.25) is 0 Å². The number of alkyl halides is 2. The second-order valence-corrected chi connectivity index (χ2v) is 11.7. The maximum Gasteiger partial charge on any atom is 0.410 e. The Kier molecular flexibility index (Phi) is 7.91. The lowest BCUT2D eigenvalue weighted by molar-refractivity contribution is -0.0273. The Morgan fingerprint density at radius 3 is 2.43 bits per heavy atom. The van der Waals surface area contributed by atoms with Gasteiger partial charge in [-0.3, -0.25) is 4.68 Å². The van der Waals surface area contributed by atoms with Gasteiger partial charge in [-0.15, -0.1) is 0 Å². The van der Waals surface area contributed by atoms with Gasteiger partial charge in [0.05, 0.1) is 37.6 Å². The highest BCUT2D eigenvalue weighted by Gasteiger charge is 2.46. The number of halogens is 2. The van der Waals surface area contributed by atoms with Gasteiger partial charge in [-0.2, -0.15) is 5.10 Å². The summed E-state index contributed by atoms with van der Waals surface area (Å²) >= 11 is 0. The number of rotatable bonds is 9. The number of hydrogen-bond donors (Lipinski definition) is 0. The van der Waals surface area contributed by atoms with Crippen LogP contribution in [0.25, 0.3) is 5.57 Å². The molecule has 3 heterocycles. The van der Waals surface area contributed by atoms with E-state index in [9.17, 15) is 13.6 Å². The average molecular weight is 525 g/mol. The maximum absolute atomic E-state index is 14.3. The summed E-state index contributed by atoms with van der Waals surface area (Å²) in [5, 5.41) is 4.62. The predicted octanol–water partition coefficient (Wildman–Crippen LogP) is 4.71. The Morgan fingerprint density at radius 1 is 1.14 bits per heavy atom. The Balaban J connectivity index is 1.63. The molecule has 0 bridgehead atoms. The highest BCUT2D eigenvalue weighted by atomic mass is 19.3. The molecule has 0 aromatic carbocycles. The minimum absolute atomic E-state index is 0.183. The minimum Gasteiger partial charge on any atom is -0.444 e. The zero-order chi connectivity index (χ0) is 27.0. The van der Waals surface area contributed by atoms with Crippen molar-refractivity contribution < 1.29 is 27.8 Å². The van der Waals surface area contributed by atoms with Gasteiger partial charge in [-0.05, 0) is 59.5 Å². The van der Waals surface area contributed by atoms with E-state index in [1.807, 2.05) is 34.6 Å². The van der Waals surface area contributed by atoms with Crippen molar-refractivity contribution in [3.63, 3.8) is 0 Å². The lowest BCUT2D eigenvalue weighted by Gasteiger charge is -2.44. The van der Waals surface area contributed by atoms with Crippen molar-refractivity contribution in [3.8, 4) is 0 Å². The van der Waals surface area contributed by atoms with E-state index in [4.69, 9.17) is 14.2 Å². The van der Waals surface area contributed by atoms with Crippen molar-refractivity contribution in [3.05, 3.63) is 22.6 Å². The van der Waals surface area contributed by atoms with Gasteiger partial charge >= 0.3 is 6.09 Å². The van der Waals surface area contributed by atoms with E-state index in [1.165, 1.54) is 4.68 Å². The molecular weight excluding hydrogens is 482 g/mol. The third-order valence-corrected chi connectivity index (χ3v) is 7.39. The van der Waals surface area contributed by atoms with Crippen molar-refractivity contribution >= 4 is 11.7 Å². The molecule has 10 heteroatoms. The molecule has 3 aliphatic rings. The summed E-state index contributed by atoms with van der Waals surface area (Å²) in [7, 11) is 1.74. The fraction of sp³-hybridized carbons (Fsp3) is 0.778. The van der Waals surface area contributed by atoms with Crippen LogP contribution in [0.5, 0.6) is 0 Å². The first-order valence-corrected chi connectivity index (χ1v) is 13.4. The molecule has 4 rings (SSSR count). The molecular formula is C27H42F2N4O4. The maximum atomic E-state index is 14.3. The third-order valence-electron chi connectivity index (χ3n) is 7.39. The first-order valence-electron chi connectivity index (χ1n) is 13.4. The van der Waals surface area contributed by atoms with Gasteiger partial charge in [-0.25, -0.2) is 13.6 Å². The Hall–Kier alpha value is -2.20. The van der Waals surface area contributed by atoms with Gasteiger partial charge in [0, 0.05) is 50.0 Å². The molecule has 0 unspecified atom stereocenters. The number of likely N-dealkylation sites (N-methyl/N-ethyl adjacent to an activating group) is 1. The predicted molar refractivity (Wildman–Crippen MR) is 136 cm³/mol. The van der Waals surface area contributed by atoms with Gasteiger partial charge in [-0.1, -0.05) is 0 Å². The average Bonchev–Trinajstić information content (AvgIpc) is 3.29.